The van der Waals surface area contributed by atoms with Crippen LogP contribution in [0, 0.1) is 6.92 Å². The van der Waals surface area contributed by atoms with Gasteiger partial charge in [-0.05, 0) is 42.0 Å². The molecule has 0 saturated carbocycles. The van der Waals surface area contributed by atoms with Gasteiger partial charge in [0.15, 0.2) is 0 Å². The molecular weight excluding hydrogens is 504 g/mol. The minimum Gasteiger partial charge on any atom is -0.467 e. The number of aromatic nitrogens is 2. The van der Waals surface area contributed by atoms with E-state index >= 15 is 0 Å². The minimum absolute atomic E-state index is 0.0548. The van der Waals surface area contributed by atoms with Gasteiger partial charge in [0.1, 0.15) is 19.2 Å². The molecule has 0 fully saturated rings. The Bertz CT molecular complexity index is 1450. The maximum atomic E-state index is 12.5. The van der Waals surface area contributed by atoms with Crippen LogP contribution in [0.3, 0.4) is 0 Å². The summed E-state index contributed by atoms with van der Waals surface area (Å²) < 4.78 is 11.3. The number of nitrogens with one attached hydrogen (secondary N) is 3. The van der Waals surface area contributed by atoms with Gasteiger partial charge in [-0.1, -0.05) is 48.5 Å². The Hall–Kier alpha value is -4.67. The molecule has 1 aliphatic rings. The number of ether oxygens (including phenoxy) is 2. The van der Waals surface area contributed by atoms with Crippen molar-refractivity contribution in [2.45, 2.75) is 38.3 Å². The maximum Gasteiger partial charge on any atom is 0.407 e. The van der Waals surface area contributed by atoms with Gasteiger partial charge in [-0.25, -0.2) is 14.4 Å². The van der Waals surface area contributed by atoms with Gasteiger partial charge in [0, 0.05) is 24.2 Å². The number of esters is 1. The van der Waals surface area contributed by atoms with E-state index in [1.165, 1.54) is 20.2 Å². The molecule has 204 valence electrons. The fourth-order valence-electron chi connectivity index (χ4n) is 4.67. The Balaban J connectivity index is 1.25. The summed E-state index contributed by atoms with van der Waals surface area (Å²) in [7, 11) is 1.20. The highest BCUT2D eigenvalue weighted by Crippen LogP contribution is 2.44. The van der Waals surface area contributed by atoms with Crippen molar-refractivity contribution in [1.29, 1.82) is 0 Å². The van der Waals surface area contributed by atoms with Crippen LogP contribution in [0.4, 0.5) is 4.79 Å². The number of hydrogen-bond acceptors (Lipinski definition) is 7. The second-order valence-corrected chi connectivity index (χ2v) is 9.24. The second-order valence-electron chi connectivity index (χ2n) is 9.24. The number of rotatable bonds is 10. The monoisotopic (exact) mass is 534 g/mol. The lowest BCUT2D eigenvalue weighted by Gasteiger charge is -2.17. The SMILES string of the molecule is COC(=O)[C@@H](CCCNC(=O)OCC1c2ccccc2-c2ccccc21)NC(=O)Cn1cc(C)c(=O)[nH]c1=O. The van der Waals surface area contributed by atoms with Gasteiger partial charge in [0.25, 0.3) is 5.56 Å². The molecule has 4 rings (SSSR count). The normalized spacial score (nSPS) is 12.7. The number of methoxy groups -OCH3 is 1. The molecule has 1 aromatic heterocycles. The molecule has 39 heavy (non-hydrogen) atoms. The molecule has 0 unspecified atom stereocenters. The van der Waals surface area contributed by atoms with Crippen molar-refractivity contribution in [3.63, 3.8) is 0 Å². The summed E-state index contributed by atoms with van der Waals surface area (Å²) in [5.41, 5.74) is 3.50. The standard InChI is InChI=1S/C28H30N4O7/c1-17-14-32(27(36)31-25(17)34)15-24(33)30-23(26(35)38-2)12-7-13-29-28(37)39-16-22-20-10-5-3-8-18(20)19-9-4-6-11-21(19)22/h3-6,8-11,14,22-23H,7,12-13,15-16H2,1-2H3,(H,29,37)(H,30,33)(H,31,34,36)/t23-/m1/s1. The molecule has 0 saturated heterocycles. The highest BCUT2D eigenvalue weighted by molar-refractivity contribution is 5.84. The van der Waals surface area contributed by atoms with E-state index in [4.69, 9.17) is 9.47 Å². The van der Waals surface area contributed by atoms with Gasteiger partial charge < -0.3 is 20.1 Å². The number of carbonyl (C=O) groups is 3. The van der Waals surface area contributed by atoms with Crippen molar-refractivity contribution in [3.8, 4) is 11.1 Å². The molecule has 11 nitrogen and oxygen atoms in total. The third-order valence-corrected chi connectivity index (χ3v) is 6.61. The van der Waals surface area contributed by atoms with E-state index in [1.807, 2.05) is 36.4 Å². The number of amides is 2. The number of aryl methyl sites for hydroxylation is 1. The molecule has 2 aromatic carbocycles. The van der Waals surface area contributed by atoms with Crippen LogP contribution in [0.25, 0.3) is 11.1 Å². The maximum absolute atomic E-state index is 12.5. The van der Waals surface area contributed by atoms with Gasteiger partial charge in [0.2, 0.25) is 5.91 Å². The van der Waals surface area contributed by atoms with E-state index < -0.39 is 35.3 Å². The number of hydrogen-bond donors (Lipinski definition) is 3. The largest absolute Gasteiger partial charge is 0.467 e. The zero-order valence-electron chi connectivity index (χ0n) is 21.7. The predicted octanol–water partition coefficient (Wildman–Crippen LogP) is 1.82. The van der Waals surface area contributed by atoms with E-state index in [0.29, 0.717) is 6.42 Å². The Kier molecular flexibility index (Phi) is 8.60. The van der Waals surface area contributed by atoms with Crippen LogP contribution in [-0.2, 0) is 25.6 Å². The smallest absolute Gasteiger partial charge is 0.407 e. The fourth-order valence-corrected chi connectivity index (χ4v) is 4.67. The number of alkyl carbamates (subject to hydrolysis) is 1. The number of fused-ring (bicyclic) bond motifs is 3. The summed E-state index contributed by atoms with van der Waals surface area (Å²) in [4.78, 5) is 62.6. The average molecular weight is 535 g/mol. The van der Waals surface area contributed by atoms with Crippen molar-refractivity contribution in [3.05, 3.63) is 92.3 Å². The Labute approximate surface area is 224 Å². The number of nitrogens with zero attached hydrogens (tertiary/aromatic N) is 1. The molecule has 11 heteroatoms. The molecule has 0 bridgehead atoms. The quantitative estimate of drug-likeness (QED) is 0.265. The van der Waals surface area contributed by atoms with Gasteiger partial charge in [-0.3, -0.25) is 19.1 Å². The summed E-state index contributed by atoms with van der Waals surface area (Å²) in [5, 5.41) is 5.21. The fraction of sp³-hybridized carbons (Fsp3) is 0.321. The lowest BCUT2D eigenvalue weighted by atomic mass is 9.98. The summed E-state index contributed by atoms with van der Waals surface area (Å²) in [6.07, 6.45) is 1.22. The molecule has 3 N–H and O–H groups in total. The third kappa shape index (κ3) is 6.43. The highest BCUT2D eigenvalue weighted by Gasteiger charge is 2.29. The summed E-state index contributed by atoms with van der Waals surface area (Å²) >= 11 is 0. The van der Waals surface area contributed by atoms with Crippen molar-refractivity contribution in [1.82, 2.24) is 20.2 Å². The van der Waals surface area contributed by atoms with E-state index in [-0.39, 0.29) is 37.6 Å². The molecule has 1 heterocycles. The zero-order valence-corrected chi connectivity index (χ0v) is 21.7. The topological polar surface area (TPSA) is 149 Å². The average Bonchev–Trinajstić information content (AvgIpc) is 3.25. The molecule has 3 aromatic rings. The first-order valence-corrected chi connectivity index (χ1v) is 12.5. The molecule has 2 amide bonds. The third-order valence-electron chi connectivity index (χ3n) is 6.61. The lowest BCUT2D eigenvalue weighted by Crippen LogP contribution is -2.45. The summed E-state index contributed by atoms with van der Waals surface area (Å²) in [5.74, 6) is -1.32. The van der Waals surface area contributed by atoms with Crippen LogP contribution in [0.2, 0.25) is 0 Å². The first-order chi connectivity index (χ1) is 18.8. The predicted molar refractivity (Wildman–Crippen MR) is 142 cm³/mol. The van der Waals surface area contributed by atoms with Crippen LogP contribution in [0.5, 0.6) is 0 Å². The van der Waals surface area contributed by atoms with Crippen molar-refractivity contribution < 1.29 is 23.9 Å². The molecule has 0 aliphatic heterocycles. The first kappa shape index (κ1) is 27.4. The summed E-state index contributed by atoms with van der Waals surface area (Å²) in [6, 6.07) is 15.1. The van der Waals surface area contributed by atoms with Crippen LogP contribution in [-0.4, -0.2) is 53.8 Å². The zero-order chi connectivity index (χ0) is 27.9. The molecular formula is C28H30N4O7. The van der Waals surface area contributed by atoms with Crippen molar-refractivity contribution >= 4 is 18.0 Å². The first-order valence-electron chi connectivity index (χ1n) is 12.5. The van der Waals surface area contributed by atoms with Gasteiger partial charge in [-0.2, -0.15) is 0 Å². The molecule has 0 radical (unpaired) electrons. The van der Waals surface area contributed by atoms with Gasteiger partial charge in [-0.15, -0.1) is 0 Å². The van der Waals surface area contributed by atoms with Crippen LogP contribution >= 0.6 is 0 Å². The van der Waals surface area contributed by atoms with Gasteiger partial charge in [0.05, 0.1) is 7.11 Å². The van der Waals surface area contributed by atoms with Crippen LogP contribution in [0.1, 0.15) is 35.4 Å². The van der Waals surface area contributed by atoms with Gasteiger partial charge >= 0.3 is 17.8 Å². The Morgan fingerprint density at radius 2 is 1.67 bits per heavy atom. The second kappa shape index (κ2) is 12.2. The van der Waals surface area contributed by atoms with E-state index in [0.717, 1.165) is 26.8 Å². The number of aromatic amines is 1. The minimum atomic E-state index is -0.980. The summed E-state index contributed by atoms with van der Waals surface area (Å²) in [6.45, 7) is 1.51. The van der Waals surface area contributed by atoms with E-state index in [1.54, 1.807) is 0 Å². The Morgan fingerprint density at radius 3 is 2.31 bits per heavy atom. The van der Waals surface area contributed by atoms with E-state index in [2.05, 4.69) is 27.8 Å². The Morgan fingerprint density at radius 1 is 1.03 bits per heavy atom. The van der Waals surface area contributed by atoms with Crippen molar-refractivity contribution in [2.24, 2.45) is 0 Å². The van der Waals surface area contributed by atoms with Crippen LogP contribution < -0.4 is 21.9 Å². The number of H-pyrrole nitrogens is 1. The van der Waals surface area contributed by atoms with Crippen LogP contribution in [0.15, 0.2) is 64.3 Å². The lowest BCUT2D eigenvalue weighted by molar-refractivity contribution is -0.145. The highest BCUT2D eigenvalue weighted by atomic mass is 16.5. The molecule has 0 spiro atoms. The molecule has 1 aliphatic carbocycles. The van der Waals surface area contributed by atoms with Crippen molar-refractivity contribution in [2.75, 3.05) is 20.3 Å². The van der Waals surface area contributed by atoms with E-state index in [9.17, 15) is 24.0 Å². The number of benzene rings is 2. The molecule has 1 atom stereocenters. The number of carbonyl (C=O) groups excluding carboxylic acids is 3.